The molecule has 2 N–H and O–H groups in total. The van der Waals surface area contributed by atoms with Gasteiger partial charge in [-0.15, -0.1) is 0 Å². The van der Waals surface area contributed by atoms with Crippen LogP contribution in [0, 0.1) is 0 Å². The molecule has 4 nitrogen and oxygen atoms in total. The van der Waals surface area contributed by atoms with Gasteiger partial charge in [0.2, 0.25) is 0 Å². The highest BCUT2D eigenvalue weighted by molar-refractivity contribution is 5.28. The molecule has 1 saturated heterocycles. The highest BCUT2D eigenvalue weighted by Crippen LogP contribution is 2.19. The van der Waals surface area contributed by atoms with Crippen LogP contribution in [0.2, 0.25) is 0 Å². The second-order valence-corrected chi connectivity index (χ2v) is 5.21. The average Bonchev–Trinajstić information content (AvgIpc) is 2.42. The molecule has 1 unspecified atom stereocenters. The molecule has 1 aromatic rings. The number of nitrogens with two attached hydrogens (primary N) is 1. The summed E-state index contributed by atoms with van der Waals surface area (Å²) in [5.74, 6) is 0.913. The molecule has 106 valence electrons. The fourth-order valence-corrected chi connectivity index (χ4v) is 2.47. The minimum absolute atomic E-state index is 0.323. The van der Waals surface area contributed by atoms with Crippen LogP contribution < -0.4 is 10.5 Å². The van der Waals surface area contributed by atoms with Gasteiger partial charge in [0.1, 0.15) is 5.75 Å². The first kappa shape index (κ1) is 14.3. The van der Waals surface area contributed by atoms with Crippen LogP contribution in [0.25, 0.3) is 0 Å². The van der Waals surface area contributed by atoms with E-state index in [2.05, 4.69) is 24.0 Å². The summed E-state index contributed by atoms with van der Waals surface area (Å²) in [6, 6.07) is 8.20. The first-order valence-electron chi connectivity index (χ1n) is 6.95. The van der Waals surface area contributed by atoms with E-state index in [4.69, 9.17) is 15.2 Å². The molecule has 2 rings (SSSR count). The molecule has 0 radical (unpaired) electrons. The standard InChI is InChI=1S/C15H24N2O2/c1-3-19-14-6-4-13(5-7-14)12-15(2,16)17-8-10-18-11-9-17/h4-7H,3,8-12,16H2,1-2H3. The lowest BCUT2D eigenvalue weighted by Crippen LogP contribution is -2.58. The summed E-state index contributed by atoms with van der Waals surface area (Å²) in [4.78, 5) is 2.30. The number of benzene rings is 1. The van der Waals surface area contributed by atoms with Gasteiger partial charge in [-0.3, -0.25) is 4.90 Å². The molecule has 1 aliphatic heterocycles. The highest BCUT2D eigenvalue weighted by atomic mass is 16.5. The van der Waals surface area contributed by atoms with E-state index >= 15 is 0 Å². The maximum Gasteiger partial charge on any atom is 0.119 e. The van der Waals surface area contributed by atoms with Gasteiger partial charge < -0.3 is 15.2 Å². The molecule has 1 fully saturated rings. The van der Waals surface area contributed by atoms with Crippen molar-refractivity contribution in [1.82, 2.24) is 4.90 Å². The molecule has 0 bridgehead atoms. The second kappa shape index (κ2) is 6.37. The molecular formula is C15H24N2O2. The normalized spacial score (nSPS) is 19.9. The summed E-state index contributed by atoms with van der Waals surface area (Å²) >= 11 is 0. The SMILES string of the molecule is CCOc1ccc(CC(C)(N)N2CCOCC2)cc1. The largest absolute Gasteiger partial charge is 0.494 e. The van der Waals surface area contributed by atoms with Crippen LogP contribution in [-0.2, 0) is 11.2 Å². The Hall–Kier alpha value is -1.10. The summed E-state index contributed by atoms with van der Waals surface area (Å²) in [5, 5.41) is 0. The Labute approximate surface area is 115 Å². The Morgan fingerprint density at radius 2 is 1.89 bits per heavy atom. The zero-order valence-corrected chi connectivity index (χ0v) is 11.9. The lowest BCUT2D eigenvalue weighted by Gasteiger charge is -2.40. The van der Waals surface area contributed by atoms with Gasteiger partial charge in [-0.2, -0.15) is 0 Å². The van der Waals surface area contributed by atoms with Crippen LogP contribution in [0.1, 0.15) is 19.4 Å². The lowest BCUT2D eigenvalue weighted by atomic mass is 10.00. The van der Waals surface area contributed by atoms with Crippen molar-refractivity contribution in [3.05, 3.63) is 29.8 Å². The third-order valence-electron chi connectivity index (χ3n) is 3.53. The van der Waals surface area contributed by atoms with Gasteiger partial charge in [0.05, 0.1) is 25.5 Å². The van der Waals surface area contributed by atoms with Gasteiger partial charge in [-0.25, -0.2) is 0 Å². The predicted molar refractivity (Wildman–Crippen MR) is 76.3 cm³/mol. The van der Waals surface area contributed by atoms with Crippen LogP contribution in [0.4, 0.5) is 0 Å². The zero-order valence-electron chi connectivity index (χ0n) is 11.9. The summed E-state index contributed by atoms with van der Waals surface area (Å²) in [6.07, 6.45) is 0.833. The first-order chi connectivity index (χ1) is 9.12. The molecule has 0 aliphatic carbocycles. The van der Waals surface area contributed by atoms with E-state index in [1.54, 1.807) is 0 Å². The molecule has 0 amide bonds. The molecule has 1 aliphatic rings. The molecule has 0 saturated carbocycles. The molecule has 0 aromatic heterocycles. The van der Waals surface area contributed by atoms with E-state index in [0.29, 0.717) is 6.61 Å². The van der Waals surface area contributed by atoms with Crippen molar-refractivity contribution in [2.75, 3.05) is 32.9 Å². The van der Waals surface area contributed by atoms with Crippen LogP contribution in [0.5, 0.6) is 5.75 Å². The Morgan fingerprint density at radius 1 is 1.26 bits per heavy atom. The monoisotopic (exact) mass is 264 g/mol. The minimum atomic E-state index is -0.323. The van der Waals surface area contributed by atoms with Crippen molar-refractivity contribution in [3.8, 4) is 5.75 Å². The Morgan fingerprint density at radius 3 is 2.47 bits per heavy atom. The summed E-state index contributed by atoms with van der Waals surface area (Å²) < 4.78 is 10.8. The van der Waals surface area contributed by atoms with Crippen molar-refractivity contribution in [3.63, 3.8) is 0 Å². The smallest absolute Gasteiger partial charge is 0.119 e. The number of morpholine rings is 1. The number of hydrogen-bond acceptors (Lipinski definition) is 4. The van der Waals surface area contributed by atoms with Crippen molar-refractivity contribution >= 4 is 0 Å². The Kier molecular flexibility index (Phi) is 4.80. The van der Waals surface area contributed by atoms with Crippen molar-refractivity contribution in [2.45, 2.75) is 25.9 Å². The van der Waals surface area contributed by atoms with Gasteiger partial charge in [-0.1, -0.05) is 12.1 Å². The third kappa shape index (κ3) is 3.93. The number of nitrogens with zero attached hydrogens (tertiary/aromatic N) is 1. The molecule has 1 atom stereocenters. The minimum Gasteiger partial charge on any atom is -0.494 e. The zero-order chi connectivity index (χ0) is 13.7. The number of ether oxygens (including phenoxy) is 2. The van der Waals surface area contributed by atoms with E-state index in [0.717, 1.165) is 38.5 Å². The van der Waals surface area contributed by atoms with E-state index < -0.39 is 0 Å². The predicted octanol–water partition coefficient (Wildman–Crippen LogP) is 1.63. The van der Waals surface area contributed by atoms with Crippen LogP contribution in [0.15, 0.2) is 24.3 Å². The fraction of sp³-hybridized carbons (Fsp3) is 0.600. The summed E-state index contributed by atoms with van der Waals surface area (Å²) in [6.45, 7) is 8.14. The van der Waals surface area contributed by atoms with Gasteiger partial charge in [0.25, 0.3) is 0 Å². The second-order valence-electron chi connectivity index (χ2n) is 5.21. The maximum absolute atomic E-state index is 6.46. The summed E-state index contributed by atoms with van der Waals surface area (Å²) in [5.41, 5.74) is 7.37. The number of hydrogen-bond donors (Lipinski definition) is 1. The van der Waals surface area contributed by atoms with E-state index in [1.807, 2.05) is 19.1 Å². The molecule has 19 heavy (non-hydrogen) atoms. The first-order valence-corrected chi connectivity index (χ1v) is 6.95. The van der Waals surface area contributed by atoms with Gasteiger partial charge >= 0.3 is 0 Å². The lowest BCUT2D eigenvalue weighted by molar-refractivity contribution is -0.0142. The van der Waals surface area contributed by atoms with E-state index in [9.17, 15) is 0 Å². The quantitative estimate of drug-likeness (QED) is 0.878. The van der Waals surface area contributed by atoms with Crippen LogP contribution >= 0.6 is 0 Å². The average molecular weight is 264 g/mol. The maximum atomic E-state index is 6.46. The number of rotatable bonds is 5. The van der Waals surface area contributed by atoms with E-state index in [1.165, 1.54) is 5.56 Å². The van der Waals surface area contributed by atoms with Gasteiger partial charge in [0, 0.05) is 19.5 Å². The third-order valence-corrected chi connectivity index (χ3v) is 3.53. The topological polar surface area (TPSA) is 47.7 Å². The van der Waals surface area contributed by atoms with E-state index in [-0.39, 0.29) is 5.66 Å². The molecule has 0 spiro atoms. The van der Waals surface area contributed by atoms with Crippen molar-refractivity contribution in [1.29, 1.82) is 0 Å². The fourth-order valence-electron chi connectivity index (χ4n) is 2.47. The van der Waals surface area contributed by atoms with Crippen molar-refractivity contribution < 1.29 is 9.47 Å². The molecule has 1 heterocycles. The molecular weight excluding hydrogens is 240 g/mol. The Bertz CT molecular complexity index is 384. The Balaban J connectivity index is 1.98. The van der Waals surface area contributed by atoms with Crippen LogP contribution in [-0.4, -0.2) is 43.5 Å². The molecule has 1 aromatic carbocycles. The van der Waals surface area contributed by atoms with Gasteiger partial charge in [0.15, 0.2) is 0 Å². The van der Waals surface area contributed by atoms with Crippen LogP contribution in [0.3, 0.4) is 0 Å². The molecule has 4 heteroatoms. The highest BCUT2D eigenvalue weighted by Gasteiger charge is 2.28. The van der Waals surface area contributed by atoms with Gasteiger partial charge in [-0.05, 0) is 31.5 Å². The van der Waals surface area contributed by atoms with Crippen molar-refractivity contribution in [2.24, 2.45) is 5.73 Å². The summed E-state index contributed by atoms with van der Waals surface area (Å²) in [7, 11) is 0.